The minimum atomic E-state index is -0.442. The van der Waals surface area contributed by atoms with Crippen LogP contribution >= 0.6 is 0 Å². The number of hydrogen-bond donors (Lipinski definition) is 2. The molecular weight excluding hydrogens is 232 g/mol. The van der Waals surface area contributed by atoms with Crippen LogP contribution in [-0.4, -0.2) is 40.1 Å². The molecule has 0 spiro atoms. The molecule has 1 amide bonds. The second kappa shape index (κ2) is 3.96. The van der Waals surface area contributed by atoms with E-state index in [4.69, 9.17) is 0 Å². The lowest BCUT2D eigenvalue weighted by Gasteiger charge is -2.36. The van der Waals surface area contributed by atoms with E-state index in [0.29, 0.717) is 24.2 Å². The van der Waals surface area contributed by atoms with E-state index in [9.17, 15) is 14.7 Å². The Morgan fingerprint density at radius 2 is 2.06 bits per heavy atom. The van der Waals surface area contributed by atoms with Gasteiger partial charge in [0.2, 0.25) is 5.56 Å². The van der Waals surface area contributed by atoms with Gasteiger partial charge in [0.1, 0.15) is 0 Å². The summed E-state index contributed by atoms with van der Waals surface area (Å²) in [6.45, 7) is 0.667. The molecule has 2 aromatic rings. The van der Waals surface area contributed by atoms with Crippen molar-refractivity contribution in [2.45, 2.75) is 6.10 Å². The van der Waals surface area contributed by atoms with Gasteiger partial charge in [-0.3, -0.25) is 9.59 Å². The fourth-order valence-electron chi connectivity index (χ4n) is 2.17. The number of carbonyl (C=O) groups is 1. The summed E-state index contributed by atoms with van der Waals surface area (Å²) in [4.78, 5) is 28.0. The third-order valence-electron chi connectivity index (χ3n) is 3.13. The third-order valence-corrected chi connectivity index (χ3v) is 3.13. The van der Waals surface area contributed by atoms with Crippen molar-refractivity contribution >= 4 is 16.8 Å². The Hall–Kier alpha value is -2.14. The highest BCUT2D eigenvalue weighted by Crippen LogP contribution is 2.19. The lowest BCUT2D eigenvalue weighted by molar-refractivity contribution is 0.00602. The number of β-amino-alcohol motifs (C(OH)–C–C–N with tert-alkyl or cyclic N) is 1. The third kappa shape index (κ3) is 1.69. The van der Waals surface area contributed by atoms with Crippen molar-refractivity contribution in [2.75, 3.05) is 13.1 Å². The highest BCUT2D eigenvalue weighted by molar-refractivity contribution is 6.06. The Kier molecular flexibility index (Phi) is 2.41. The molecule has 2 N–H and O–H groups in total. The number of hydrogen-bond acceptors (Lipinski definition) is 3. The van der Waals surface area contributed by atoms with Gasteiger partial charge >= 0.3 is 0 Å². The largest absolute Gasteiger partial charge is 0.389 e. The van der Waals surface area contributed by atoms with E-state index in [2.05, 4.69) is 4.98 Å². The topological polar surface area (TPSA) is 73.4 Å². The number of fused-ring (bicyclic) bond motifs is 1. The Morgan fingerprint density at radius 1 is 1.33 bits per heavy atom. The quantitative estimate of drug-likeness (QED) is 0.760. The van der Waals surface area contributed by atoms with Gasteiger partial charge in [-0.1, -0.05) is 18.2 Å². The number of aromatic amines is 1. The summed E-state index contributed by atoms with van der Waals surface area (Å²) in [5.74, 6) is -0.206. The summed E-state index contributed by atoms with van der Waals surface area (Å²) in [6, 6.07) is 8.50. The van der Waals surface area contributed by atoms with Crippen LogP contribution in [0.2, 0.25) is 0 Å². The summed E-state index contributed by atoms with van der Waals surface area (Å²) < 4.78 is 0. The standard InChI is InChI=1S/C13H12N2O3/c16-8-6-15(7-8)13(18)10-5-12(17)14-11-4-2-1-3-9(10)11/h1-5,8,16H,6-7H2,(H,14,17). The highest BCUT2D eigenvalue weighted by Gasteiger charge is 2.30. The molecule has 0 unspecified atom stereocenters. The second-order valence-electron chi connectivity index (χ2n) is 4.46. The summed E-state index contributed by atoms with van der Waals surface area (Å²) >= 11 is 0. The number of pyridine rings is 1. The Labute approximate surface area is 103 Å². The van der Waals surface area contributed by atoms with Crippen LogP contribution in [0.5, 0.6) is 0 Å². The summed E-state index contributed by atoms with van der Waals surface area (Å²) in [5.41, 5.74) is 0.744. The molecule has 1 saturated heterocycles. The molecule has 92 valence electrons. The number of aliphatic hydroxyl groups excluding tert-OH is 1. The number of amides is 1. The zero-order chi connectivity index (χ0) is 12.7. The fraction of sp³-hybridized carbons (Fsp3) is 0.231. The average molecular weight is 244 g/mol. The van der Waals surface area contributed by atoms with Gasteiger partial charge in [0.05, 0.1) is 11.7 Å². The molecule has 2 heterocycles. The molecule has 5 nitrogen and oxygen atoms in total. The number of para-hydroxylation sites is 1. The van der Waals surface area contributed by atoms with Crippen LogP contribution in [0, 0.1) is 0 Å². The molecule has 1 aliphatic rings. The van der Waals surface area contributed by atoms with Crippen molar-refractivity contribution in [3.8, 4) is 0 Å². The van der Waals surface area contributed by atoms with Gasteiger partial charge in [-0.05, 0) is 6.07 Å². The monoisotopic (exact) mass is 244 g/mol. The maximum Gasteiger partial charge on any atom is 0.254 e. The molecular formula is C13H12N2O3. The number of carbonyl (C=O) groups excluding carboxylic acids is 1. The van der Waals surface area contributed by atoms with Gasteiger partial charge in [0.25, 0.3) is 5.91 Å². The van der Waals surface area contributed by atoms with Crippen molar-refractivity contribution < 1.29 is 9.90 Å². The maximum atomic E-state index is 12.2. The van der Waals surface area contributed by atoms with Gasteiger partial charge < -0.3 is 15.0 Å². The predicted molar refractivity (Wildman–Crippen MR) is 66.5 cm³/mol. The first-order valence-electron chi connectivity index (χ1n) is 5.74. The van der Waals surface area contributed by atoms with Crippen LogP contribution in [0.4, 0.5) is 0 Å². The smallest absolute Gasteiger partial charge is 0.254 e. The number of rotatable bonds is 1. The molecule has 0 saturated carbocycles. The number of aliphatic hydroxyl groups is 1. The molecule has 1 fully saturated rings. The fourth-order valence-corrected chi connectivity index (χ4v) is 2.17. The molecule has 1 aromatic carbocycles. The van der Waals surface area contributed by atoms with Crippen LogP contribution in [0.1, 0.15) is 10.4 Å². The summed E-state index contributed by atoms with van der Waals surface area (Å²) in [6.07, 6.45) is -0.442. The van der Waals surface area contributed by atoms with Gasteiger partial charge in [-0.2, -0.15) is 0 Å². The minimum Gasteiger partial charge on any atom is -0.389 e. The van der Waals surface area contributed by atoms with Gasteiger partial charge in [-0.15, -0.1) is 0 Å². The van der Waals surface area contributed by atoms with E-state index in [1.54, 1.807) is 18.2 Å². The summed E-state index contributed by atoms with van der Waals surface area (Å²) in [5, 5.41) is 9.95. The van der Waals surface area contributed by atoms with Gasteiger partial charge in [-0.25, -0.2) is 0 Å². The van der Waals surface area contributed by atoms with Crippen LogP contribution in [-0.2, 0) is 0 Å². The minimum absolute atomic E-state index is 0.206. The van der Waals surface area contributed by atoms with Crippen LogP contribution < -0.4 is 5.56 Å². The van der Waals surface area contributed by atoms with Crippen molar-refractivity contribution in [3.05, 3.63) is 46.2 Å². The lowest BCUT2D eigenvalue weighted by Crippen LogP contribution is -2.53. The molecule has 0 aliphatic carbocycles. The Bertz CT molecular complexity index is 671. The first kappa shape index (κ1) is 11.0. The molecule has 18 heavy (non-hydrogen) atoms. The van der Waals surface area contributed by atoms with E-state index in [1.165, 1.54) is 11.0 Å². The summed E-state index contributed by atoms with van der Waals surface area (Å²) in [7, 11) is 0. The zero-order valence-electron chi connectivity index (χ0n) is 9.59. The normalized spacial score (nSPS) is 15.7. The SMILES string of the molecule is O=C(c1cc(=O)[nH]c2ccccc12)N1CC(O)C1. The number of likely N-dealkylation sites (tertiary alicyclic amines) is 1. The lowest BCUT2D eigenvalue weighted by atomic mass is 10.1. The maximum absolute atomic E-state index is 12.2. The Morgan fingerprint density at radius 3 is 2.78 bits per heavy atom. The predicted octanol–water partition coefficient (Wildman–Crippen LogP) is 0.345. The van der Waals surface area contributed by atoms with Crippen molar-refractivity contribution in [1.82, 2.24) is 9.88 Å². The molecule has 0 bridgehead atoms. The first-order valence-corrected chi connectivity index (χ1v) is 5.74. The van der Waals surface area contributed by atoms with E-state index in [-0.39, 0.29) is 11.5 Å². The van der Waals surface area contributed by atoms with Gasteiger partial charge in [0.15, 0.2) is 0 Å². The average Bonchev–Trinajstić information content (AvgIpc) is 2.33. The molecule has 1 aliphatic heterocycles. The molecule has 0 radical (unpaired) electrons. The van der Waals surface area contributed by atoms with E-state index in [1.807, 2.05) is 6.07 Å². The zero-order valence-corrected chi connectivity index (χ0v) is 9.59. The van der Waals surface area contributed by atoms with Crippen LogP contribution in [0.15, 0.2) is 35.1 Å². The molecule has 5 heteroatoms. The number of benzene rings is 1. The molecule has 3 rings (SSSR count). The van der Waals surface area contributed by atoms with Crippen LogP contribution in [0.25, 0.3) is 10.9 Å². The van der Waals surface area contributed by atoms with Crippen molar-refractivity contribution in [3.63, 3.8) is 0 Å². The first-order chi connectivity index (χ1) is 8.65. The number of nitrogens with zero attached hydrogens (tertiary/aromatic N) is 1. The second-order valence-corrected chi connectivity index (χ2v) is 4.46. The van der Waals surface area contributed by atoms with Crippen molar-refractivity contribution in [2.24, 2.45) is 0 Å². The van der Waals surface area contributed by atoms with Gasteiger partial charge in [0, 0.05) is 30.1 Å². The van der Waals surface area contributed by atoms with Crippen LogP contribution in [0.3, 0.4) is 0 Å². The number of aromatic nitrogens is 1. The van der Waals surface area contributed by atoms with Crippen molar-refractivity contribution in [1.29, 1.82) is 0 Å². The molecule has 0 atom stereocenters. The van der Waals surface area contributed by atoms with E-state index < -0.39 is 6.10 Å². The van der Waals surface area contributed by atoms with E-state index in [0.717, 1.165) is 5.39 Å². The Balaban J connectivity index is 2.10. The van der Waals surface area contributed by atoms with E-state index >= 15 is 0 Å². The molecule has 1 aromatic heterocycles. The number of H-pyrrole nitrogens is 1. The number of nitrogens with one attached hydrogen (secondary N) is 1. The highest BCUT2D eigenvalue weighted by atomic mass is 16.3.